The van der Waals surface area contributed by atoms with E-state index in [1.165, 1.54) is 0 Å². The zero-order valence-corrected chi connectivity index (χ0v) is 10.2. The van der Waals surface area contributed by atoms with Gasteiger partial charge in [0, 0.05) is 6.42 Å². The maximum absolute atomic E-state index is 11.7. The summed E-state index contributed by atoms with van der Waals surface area (Å²) in [6, 6.07) is 4.97. The summed E-state index contributed by atoms with van der Waals surface area (Å²) in [5, 5.41) is 0.787. The van der Waals surface area contributed by atoms with Gasteiger partial charge >= 0.3 is 11.9 Å². The van der Waals surface area contributed by atoms with E-state index in [0.717, 1.165) is 10.6 Å². The molecular weight excluding hydrogens is 234 g/mol. The van der Waals surface area contributed by atoms with Gasteiger partial charge in [-0.3, -0.25) is 9.59 Å². The minimum absolute atomic E-state index is 0.208. The zero-order chi connectivity index (χ0) is 13.3. The minimum atomic E-state index is -0.819. The van der Waals surface area contributed by atoms with Gasteiger partial charge in [-0.2, -0.15) is 0 Å². The molecule has 2 rings (SSSR count). The Morgan fingerprint density at radius 2 is 2.06 bits per heavy atom. The molecule has 1 aliphatic heterocycles. The number of carbonyl (C=O) groups excluding carboxylic acids is 3. The van der Waals surface area contributed by atoms with E-state index in [9.17, 15) is 14.4 Å². The van der Waals surface area contributed by atoms with Gasteiger partial charge < -0.3 is 4.84 Å². The quantitative estimate of drug-likeness (QED) is 0.764. The number of rotatable bonds is 3. The number of benzene rings is 1. The first-order valence-electron chi connectivity index (χ1n) is 5.74. The summed E-state index contributed by atoms with van der Waals surface area (Å²) < 4.78 is 0. The number of Topliss-reactive ketones (excluding diaryl/α,β-unsaturated/α-hetero) is 1. The van der Waals surface area contributed by atoms with Crippen LogP contribution in [0.1, 0.15) is 35.7 Å². The summed E-state index contributed by atoms with van der Waals surface area (Å²) in [6.07, 6.45) is 0.828. The van der Waals surface area contributed by atoms with Crippen molar-refractivity contribution in [2.45, 2.75) is 26.7 Å². The second kappa shape index (κ2) is 4.60. The smallest absolute Gasteiger partial charge is 0.333 e. The highest BCUT2D eigenvalue weighted by Crippen LogP contribution is 2.30. The van der Waals surface area contributed by atoms with Gasteiger partial charge in [0.2, 0.25) is 0 Å². The molecule has 1 heterocycles. The molecule has 5 heteroatoms. The summed E-state index contributed by atoms with van der Waals surface area (Å²) >= 11 is 0. The van der Waals surface area contributed by atoms with Crippen molar-refractivity contribution in [3.8, 4) is 0 Å². The first-order chi connectivity index (χ1) is 8.54. The number of hydroxylamine groups is 1. The number of anilines is 1. The van der Waals surface area contributed by atoms with Gasteiger partial charge in [0.05, 0.1) is 11.3 Å². The lowest BCUT2D eigenvalue weighted by atomic mass is 10.1. The standard InChI is InChI=1S/C13H13NO4/c1-3-4-11(15)18-14-10-6-5-8(2)7-9(10)12(16)13(14)17/h5-7H,3-4H2,1-2H3. The molecule has 0 saturated carbocycles. The molecule has 94 valence electrons. The molecule has 0 radical (unpaired) electrons. The van der Waals surface area contributed by atoms with Crippen LogP contribution in [0.3, 0.4) is 0 Å². The normalized spacial score (nSPS) is 13.8. The Hall–Kier alpha value is -2.17. The topological polar surface area (TPSA) is 63.7 Å². The van der Waals surface area contributed by atoms with Crippen LogP contribution in [0, 0.1) is 6.92 Å². The molecule has 0 aliphatic carbocycles. The highest BCUT2D eigenvalue weighted by molar-refractivity contribution is 6.51. The van der Waals surface area contributed by atoms with E-state index in [0.29, 0.717) is 12.1 Å². The SMILES string of the molecule is CCCC(=O)ON1C(=O)C(=O)c2cc(C)ccc21. The van der Waals surface area contributed by atoms with Crippen molar-refractivity contribution in [1.82, 2.24) is 0 Å². The van der Waals surface area contributed by atoms with E-state index in [1.807, 2.05) is 13.8 Å². The Morgan fingerprint density at radius 3 is 2.72 bits per heavy atom. The summed E-state index contributed by atoms with van der Waals surface area (Å²) in [7, 11) is 0. The van der Waals surface area contributed by atoms with Crippen molar-refractivity contribution in [1.29, 1.82) is 0 Å². The summed E-state index contributed by atoms with van der Waals surface area (Å²) in [6.45, 7) is 3.65. The van der Waals surface area contributed by atoms with Crippen LogP contribution in [0.5, 0.6) is 0 Å². The van der Waals surface area contributed by atoms with Crippen LogP contribution in [0.15, 0.2) is 18.2 Å². The lowest BCUT2D eigenvalue weighted by Gasteiger charge is -2.14. The van der Waals surface area contributed by atoms with Gasteiger partial charge in [-0.05, 0) is 25.5 Å². The molecule has 1 aromatic rings. The van der Waals surface area contributed by atoms with Crippen LogP contribution in [-0.2, 0) is 14.4 Å². The molecular formula is C13H13NO4. The van der Waals surface area contributed by atoms with Crippen LogP contribution < -0.4 is 5.06 Å². The van der Waals surface area contributed by atoms with E-state index >= 15 is 0 Å². The molecule has 18 heavy (non-hydrogen) atoms. The molecule has 5 nitrogen and oxygen atoms in total. The number of fused-ring (bicyclic) bond motifs is 1. The molecule has 0 bridgehead atoms. The maximum atomic E-state index is 11.7. The van der Waals surface area contributed by atoms with Gasteiger partial charge in [0.25, 0.3) is 5.78 Å². The van der Waals surface area contributed by atoms with Crippen LogP contribution in [0.2, 0.25) is 0 Å². The van der Waals surface area contributed by atoms with E-state index in [4.69, 9.17) is 4.84 Å². The van der Waals surface area contributed by atoms with Crippen molar-refractivity contribution in [2.24, 2.45) is 0 Å². The molecule has 1 aliphatic rings. The molecule has 1 aromatic carbocycles. The number of hydrogen-bond acceptors (Lipinski definition) is 4. The molecule has 0 unspecified atom stereocenters. The van der Waals surface area contributed by atoms with Gasteiger partial charge in [-0.1, -0.05) is 18.6 Å². The van der Waals surface area contributed by atoms with Crippen LogP contribution in [-0.4, -0.2) is 17.7 Å². The maximum Gasteiger partial charge on any atom is 0.333 e. The highest BCUT2D eigenvalue weighted by Gasteiger charge is 2.38. The largest absolute Gasteiger partial charge is 0.333 e. The highest BCUT2D eigenvalue weighted by atomic mass is 16.7. The Bertz CT molecular complexity index is 536. The second-order valence-corrected chi connectivity index (χ2v) is 4.16. The van der Waals surface area contributed by atoms with E-state index in [1.54, 1.807) is 18.2 Å². The molecule has 1 amide bonds. The number of nitrogens with zero attached hydrogens (tertiary/aromatic N) is 1. The third-order valence-corrected chi connectivity index (χ3v) is 2.64. The Morgan fingerprint density at radius 1 is 1.33 bits per heavy atom. The average Bonchev–Trinajstić information content (AvgIpc) is 2.55. The minimum Gasteiger partial charge on any atom is -0.333 e. The number of hydrogen-bond donors (Lipinski definition) is 0. The lowest BCUT2D eigenvalue weighted by molar-refractivity contribution is -0.149. The van der Waals surface area contributed by atoms with Gasteiger partial charge in [0.15, 0.2) is 0 Å². The average molecular weight is 247 g/mol. The molecule has 0 saturated heterocycles. The summed E-state index contributed by atoms with van der Waals surface area (Å²) in [4.78, 5) is 39.8. The summed E-state index contributed by atoms with van der Waals surface area (Å²) in [5.41, 5.74) is 1.49. The molecule has 0 fully saturated rings. The number of amides is 1. The second-order valence-electron chi connectivity index (χ2n) is 4.16. The number of aryl methyl sites for hydroxylation is 1. The van der Waals surface area contributed by atoms with Crippen LogP contribution >= 0.6 is 0 Å². The molecule has 0 aromatic heterocycles. The monoisotopic (exact) mass is 247 g/mol. The third kappa shape index (κ3) is 1.99. The van der Waals surface area contributed by atoms with Crippen molar-refractivity contribution in [3.63, 3.8) is 0 Å². The number of ketones is 1. The number of carbonyl (C=O) groups is 3. The summed E-state index contributed by atoms with van der Waals surface area (Å²) in [5.74, 6) is -1.98. The van der Waals surface area contributed by atoms with Crippen molar-refractivity contribution < 1.29 is 19.2 Å². The predicted octanol–water partition coefficient (Wildman–Crippen LogP) is 1.78. The molecule has 0 atom stereocenters. The Balaban J connectivity index is 2.31. The zero-order valence-electron chi connectivity index (χ0n) is 10.2. The van der Waals surface area contributed by atoms with Gasteiger partial charge in [0.1, 0.15) is 0 Å². The van der Waals surface area contributed by atoms with Gasteiger partial charge in [-0.25, -0.2) is 4.79 Å². The van der Waals surface area contributed by atoms with E-state index in [-0.39, 0.29) is 12.0 Å². The van der Waals surface area contributed by atoms with Crippen LogP contribution in [0.25, 0.3) is 0 Å². The van der Waals surface area contributed by atoms with Crippen molar-refractivity contribution in [2.75, 3.05) is 5.06 Å². The van der Waals surface area contributed by atoms with Crippen molar-refractivity contribution >= 4 is 23.3 Å². The third-order valence-electron chi connectivity index (χ3n) is 2.64. The lowest BCUT2D eigenvalue weighted by Crippen LogP contribution is -2.32. The molecule has 0 N–H and O–H groups in total. The molecule has 0 spiro atoms. The predicted molar refractivity (Wildman–Crippen MR) is 64.0 cm³/mol. The fourth-order valence-electron chi connectivity index (χ4n) is 1.77. The first-order valence-corrected chi connectivity index (χ1v) is 5.74. The first kappa shape index (κ1) is 12.3. The Labute approximate surface area is 104 Å². The van der Waals surface area contributed by atoms with E-state index in [2.05, 4.69) is 0 Å². The van der Waals surface area contributed by atoms with Crippen LogP contribution in [0.4, 0.5) is 5.69 Å². The Kier molecular flexibility index (Phi) is 3.14. The van der Waals surface area contributed by atoms with Crippen molar-refractivity contribution in [3.05, 3.63) is 29.3 Å². The fourth-order valence-corrected chi connectivity index (χ4v) is 1.77. The van der Waals surface area contributed by atoms with E-state index < -0.39 is 17.7 Å². The van der Waals surface area contributed by atoms with Gasteiger partial charge in [-0.15, -0.1) is 5.06 Å². The fraction of sp³-hybridized carbons (Fsp3) is 0.308.